The molecule has 19 heavy (non-hydrogen) atoms. The number of benzene rings is 1. The van der Waals surface area contributed by atoms with E-state index in [0.717, 1.165) is 24.9 Å². The van der Waals surface area contributed by atoms with E-state index >= 15 is 0 Å². The molecule has 1 amide bonds. The van der Waals surface area contributed by atoms with Gasteiger partial charge in [0, 0.05) is 17.6 Å². The summed E-state index contributed by atoms with van der Waals surface area (Å²) in [5, 5.41) is 4.30. The van der Waals surface area contributed by atoms with Crippen molar-refractivity contribution in [2.24, 2.45) is 0 Å². The molecule has 1 aromatic carbocycles. The van der Waals surface area contributed by atoms with Crippen molar-refractivity contribution in [2.75, 3.05) is 18.4 Å². The molecule has 0 radical (unpaired) electrons. The van der Waals surface area contributed by atoms with Crippen LogP contribution in [0.5, 0.6) is 0 Å². The second-order valence-electron chi connectivity index (χ2n) is 4.85. The van der Waals surface area contributed by atoms with Gasteiger partial charge in [0.15, 0.2) is 0 Å². The third-order valence-electron chi connectivity index (χ3n) is 3.33. The molecular formula is C14H18Cl2N2O. The minimum atomic E-state index is 0.109. The maximum absolute atomic E-state index is 12.1. The van der Waals surface area contributed by atoms with Gasteiger partial charge in [-0.05, 0) is 44.4 Å². The Hall–Kier alpha value is -0.930. The number of carbonyl (C=O) groups is 1. The lowest BCUT2D eigenvalue weighted by Gasteiger charge is -2.21. The molecule has 0 heterocycles. The first-order valence-electron chi connectivity index (χ1n) is 6.52. The number of likely N-dealkylation sites (N-methyl/N-ethyl adjacent to an activating group) is 1. The van der Waals surface area contributed by atoms with E-state index in [0.29, 0.717) is 21.8 Å². The Morgan fingerprint density at radius 2 is 2.05 bits per heavy atom. The highest BCUT2D eigenvalue weighted by Gasteiger charge is 2.30. The number of carbonyl (C=O) groups excluding carboxylic acids is 1. The summed E-state index contributed by atoms with van der Waals surface area (Å²) < 4.78 is 0. The van der Waals surface area contributed by atoms with Gasteiger partial charge in [0.2, 0.25) is 5.91 Å². The Balaban J connectivity index is 1.98. The fourth-order valence-corrected chi connectivity index (χ4v) is 2.53. The van der Waals surface area contributed by atoms with Crippen LogP contribution in [0.2, 0.25) is 10.0 Å². The van der Waals surface area contributed by atoms with Gasteiger partial charge in [-0.25, -0.2) is 0 Å². The largest absolute Gasteiger partial charge is 0.375 e. The van der Waals surface area contributed by atoms with E-state index in [1.807, 2.05) is 18.7 Å². The summed E-state index contributed by atoms with van der Waals surface area (Å²) in [4.78, 5) is 14.0. The number of halogens is 2. The Morgan fingerprint density at radius 3 is 2.63 bits per heavy atom. The molecule has 1 aliphatic carbocycles. The van der Waals surface area contributed by atoms with Crippen molar-refractivity contribution in [3.05, 3.63) is 27.7 Å². The molecule has 0 saturated heterocycles. The molecule has 0 aliphatic heterocycles. The summed E-state index contributed by atoms with van der Waals surface area (Å²) >= 11 is 12.2. The van der Waals surface area contributed by atoms with E-state index in [9.17, 15) is 4.79 Å². The summed E-state index contributed by atoms with van der Waals surface area (Å²) in [6, 6.07) is 4.01. The number of anilines is 1. The van der Waals surface area contributed by atoms with Gasteiger partial charge in [-0.3, -0.25) is 4.79 Å². The molecule has 0 aromatic heterocycles. The zero-order valence-corrected chi connectivity index (χ0v) is 12.7. The van der Waals surface area contributed by atoms with Crippen molar-refractivity contribution in [1.82, 2.24) is 4.90 Å². The van der Waals surface area contributed by atoms with Gasteiger partial charge in [0.05, 0.1) is 17.3 Å². The zero-order chi connectivity index (χ0) is 14.0. The SMILES string of the molecule is CCN(C(=O)CNc1cc(Cl)c(C)cc1Cl)C1CC1. The van der Waals surface area contributed by atoms with Crippen molar-refractivity contribution in [1.29, 1.82) is 0 Å². The van der Waals surface area contributed by atoms with Gasteiger partial charge in [0.1, 0.15) is 0 Å². The maximum atomic E-state index is 12.1. The van der Waals surface area contributed by atoms with Crippen LogP contribution < -0.4 is 5.32 Å². The Morgan fingerprint density at radius 1 is 1.37 bits per heavy atom. The zero-order valence-electron chi connectivity index (χ0n) is 11.2. The number of rotatable bonds is 5. The molecule has 1 saturated carbocycles. The van der Waals surface area contributed by atoms with E-state index in [2.05, 4.69) is 5.32 Å². The third-order valence-corrected chi connectivity index (χ3v) is 4.05. The van der Waals surface area contributed by atoms with Gasteiger partial charge in [-0.2, -0.15) is 0 Å². The van der Waals surface area contributed by atoms with Gasteiger partial charge in [0.25, 0.3) is 0 Å². The quantitative estimate of drug-likeness (QED) is 0.899. The second-order valence-corrected chi connectivity index (χ2v) is 5.66. The topological polar surface area (TPSA) is 32.3 Å². The molecule has 104 valence electrons. The number of hydrogen-bond acceptors (Lipinski definition) is 2. The van der Waals surface area contributed by atoms with Crippen molar-refractivity contribution < 1.29 is 4.79 Å². The first kappa shape index (κ1) is 14.5. The number of nitrogens with one attached hydrogen (secondary N) is 1. The lowest BCUT2D eigenvalue weighted by molar-refractivity contribution is -0.129. The van der Waals surface area contributed by atoms with Crippen LogP contribution in [0.1, 0.15) is 25.3 Å². The molecule has 2 rings (SSSR count). The van der Waals surface area contributed by atoms with Crippen LogP contribution in [0.25, 0.3) is 0 Å². The van der Waals surface area contributed by atoms with Gasteiger partial charge in [-0.15, -0.1) is 0 Å². The highest BCUT2D eigenvalue weighted by molar-refractivity contribution is 6.35. The molecule has 1 fully saturated rings. The average molecular weight is 301 g/mol. The summed E-state index contributed by atoms with van der Waals surface area (Å²) in [5.41, 5.74) is 1.63. The third kappa shape index (κ3) is 3.54. The van der Waals surface area contributed by atoms with Crippen molar-refractivity contribution in [3.8, 4) is 0 Å². The van der Waals surface area contributed by atoms with Crippen molar-refractivity contribution in [3.63, 3.8) is 0 Å². The lowest BCUT2D eigenvalue weighted by atomic mass is 10.2. The standard InChI is InChI=1S/C14H18Cl2N2O/c1-3-18(10-4-5-10)14(19)8-17-13-7-11(15)9(2)6-12(13)16/h6-7,10,17H,3-5,8H2,1-2H3. The van der Waals surface area contributed by atoms with E-state index < -0.39 is 0 Å². The molecule has 1 aromatic rings. The summed E-state index contributed by atoms with van der Waals surface area (Å²) in [7, 11) is 0. The van der Waals surface area contributed by atoms with E-state index in [-0.39, 0.29) is 12.5 Å². The predicted octanol–water partition coefficient (Wildman–Crippen LogP) is 3.72. The lowest BCUT2D eigenvalue weighted by Crippen LogP contribution is -2.37. The number of hydrogen-bond donors (Lipinski definition) is 1. The molecule has 3 nitrogen and oxygen atoms in total. The van der Waals surface area contributed by atoms with E-state index in [1.54, 1.807) is 12.1 Å². The van der Waals surface area contributed by atoms with Gasteiger partial charge >= 0.3 is 0 Å². The highest BCUT2D eigenvalue weighted by Crippen LogP contribution is 2.29. The molecule has 0 spiro atoms. The first-order valence-corrected chi connectivity index (χ1v) is 7.27. The van der Waals surface area contributed by atoms with Crippen LogP contribution in [0.15, 0.2) is 12.1 Å². The van der Waals surface area contributed by atoms with Crippen LogP contribution in [-0.2, 0) is 4.79 Å². The van der Waals surface area contributed by atoms with Crippen molar-refractivity contribution >= 4 is 34.8 Å². The molecule has 1 N–H and O–H groups in total. The first-order chi connectivity index (χ1) is 9.02. The van der Waals surface area contributed by atoms with Gasteiger partial charge in [-0.1, -0.05) is 23.2 Å². The monoisotopic (exact) mass is 300 g/mol. The van der Waals surface area contributed by atoms with Crippen LogP contribution in [-0.4, -0.2) is 29.9 Å². The van der Waals surface area contributed by atoms with Crippen LogP contribution in [0.4, 0.5) is 5.69 Å². The minimum Gasteiger partial charge on any atom is -0.375 e. The minimum absolute atomic E-state index is 0.109. The summed E-state index contributed by atoms with van der Waals surface area (Å²) in [5.74, 6) is 0.109. The number of aryl methyl sites for hydroxylation is 1. The summed E-state index contributed by atoms with van der Waals surface area (Å²) in [6.45, 7) is 4.91. The number of nitrogens with zero attached hydrogens (tertiary/aromatic N) is 1. The molecular weight excluding hydrogens is 283 g/mol. The summed E-state index contributed by atoms with van der Waals surface area (Å²) in [6.07, 6.45) is 2.24. The fraction of sp³-hybridized carbons (Fsp3) is 0.500. The van der Waals surface area contributed by atoms with E-state index in [4.69, 9.17) is 23.2 Å². The van der Waals surface area contributed by atoms with Crippen molar-refractivity contribution in [2.45, 2.75) is 32.7 Å². The van der Waals surface area contributed by atoms with Crippen LogP contribution in [0.3, 0.4) is 0 Å². The number of amides is 1. The highest BCUT2D eigenvalue weighted by atomic mass is 35.5. The Labute approximate surface area is 123 Å². The molecule has 0 unspecified atom stereocenters. The molecule has 1 aliphatic rings. The Bertz CT molecular complexity index is 487. The molecule has 0 bridgehead atoms. The maximum Gasteiger partial charge on any atom is 0.242 e. The predicted molar refractivity (Wildman–Crippen MR) is 80.1 cm³/mol. The smallest absolute Gasteiger partial charge is 0.242 e. The van der Waals surface area contributed by atoms with Crippen LogP contribution >= 0.6 is 23.2 Å². The van der Waals surface area contributed by atoms with E-state index in [1.165, 1.54) is 0 Å². The van der Waals surface area contributed by atoms with Crippen LogP contribution in [0, 0.1) is 6.92 Å². The molecule has 5 heteroatoms. The average Bonchev–Trinajstić information content (AvgIpc) is 3.17. The van der Waals surface area contributed by atoms with Gasteiger partial charge < -0.3 is 10.2 Å². The fourth-order valence-electron chi connectivity index (χ4n) is 2.08. The Kier molecular flexibility index (Phi) is 4.58. The normalized spacial score (nSPS) is 14.3. The second kappa shape index (κ2) is 6.02. The molecule has 0 atom stereocenters.